The van der Waals surface area contributed by atoms with Crippen LogP contribution in [0.4, 0.5) is 5.69 Å². The van der Waals surface area contributed by atoms with E-state index in [-0.39, 0.29) is 0 Å². The topological polar surface area (TPSA) is 27.1 Å². The molecule has 0 fully saturated rings. The molecule has 2 aliphatic heterocycles. The van der Waals surface area contributed by atoms with Crippen molar-refractivity contribution in [3.05, 3.63) is 93.6 Å². The Hall–Kier alpha value is -2.87. The molecular weight excluding hydrogens is 352 g/mol. The summed E-state index contributed by atoms with van der Waals surface area (Å²) >= 11 is 0. The van der Waals surface area contributed by atoms with Crippen LogP contribution in [-0.4, -0.2) is 18.8 Å². The highest BCUT2D eigenvalue weighted by Gasteiger charge is 2.35. The lowest BCUT2D eigenvalue weighted by molar-refractivity contribution is 0.627. The van der Waals surface area contributed by atoms with Gasteiger partial charge in [-0.1, -0.05) is 43.3 Å². The van der Waals surface area contributed by atoms with E-state index >= 15 is 0 Å². The van der Waals surface area contributed by atoms with Gasteiger partial charge in [-0.3, -0.25) is 0 Å². The van der Waals surface area contributed by atoms with Gasteiger partial charge in [-0.05, 0) is 88.4 Å². The maximum atomic E-state index is 8.26. The van der Waals surface area contributed by atoms with Gasteiger partial charge >= 0.3 is 0 Å². The first-order valence-electron chi connectivity index (χ1n) is 10.9. The molecule has 0 saturated heterocycles. The van der Waals surface area contributed by atoms with Gasteiger partial charge in [0.2, 0.25) is 0 Å². The van der Waals surface area contributed by atoms with Gasteiger partial charge in [0.25, 0.3) is 0 Å². The van der Waals surface area contributed by atoms with Crippen molar-refractivity contribution in [2.45, 2.75) is 38.5 Å². The second kappa shape index (κ2) is 6.32. The van der Waals surface area contributed by atoms with Gasteiger partial charge < -0.3 is 10.3 Å². The highest BCUT2D eigenvalue weighted by Crippen LogP contribution is 2.51. The summed E-state index contributed by atoms with van der Waals surface area (Å²) in [5.41, 5.74) is 13.5. The molecule has 0 spiro atoms. The predicted octanol–water partition coefficient (Wildman–Crippen LogP) is 5.82. The van der Waals surface area contributed by atoms with Crippen molar-refractivity contribution in [2.24, 2.45) is 0 Å². The zero-order chi connectivity index (χ0) is 19.5. The summed E-state index contributed by atoms with van der Waals surface area (Å²) in [5, 5.41) is 8.26. The first-order chi connectivity index (χ1) is 14.2. The lowest BCUT2D eigenvalue weighted by Gasteiger charge is -2.42. The fourth-order valence-electron chi connectivity index (χ4n) is 5.95. The number of benzene rings is 2. The minimum absolute atomic E-state index is 0.333. The number of aryl methyl sites for hydroxylation is 1. The van der Waals surface area contributed by atoms with E-state index in [1.807, 2.05) is 6.08 Å². The Kier molecular flexibility index (Phi) is 3.71. The van der Waals surface area contributed by atoms with Crippen molar-refractivity contribution >= 4 is 17.0 Å². The van der Waals surface area contributed by atoms with Gasteiger partial charge in [-0.15, -0.1) is 0 Å². The highest BCUT2D eigenvalue weighted by molar-refractivity contribution is 6.07. The third-order valence-electron chi connectivity index (χ3n) is 7.12. The number of hydrogen-bond acceptors (Lipinski definition) is 2. The van der Waals surface area contributed by atoms with Crippen molar-refractivity contribution in [1.82, 2.24) is 0 Å². The van der Waals surface area contributed by atoms with Crippen molar-refractivity contribution in [3.8, 4) is 0 Å². The van der Waals surface area contributed by atoms with Gasteiger partial charge in [0.05, 0.1) is 5.71 Å². The SMILES string of the molecule is CC1C2=CC(=N)C=CC2=C(c2ccccc2)c2cc3c4c(c21)CCCN4CCC3. The molecule has 0 saturated carbocycles. The second-order valence-corrected chi connectivity index (χ2v) is 8.78. The van der Waals surface area contributed by atoms with Crippen LogP contribution in [0.25, 0.3) is 5.57 Å². The van der Waals surface area contributed by atoms with Crippen LogP contribution < -0.4 is 4.90 Å². The number of nitrogens with zero attached hydrogens (tertiary/aromatic N) is 1. The molecule has 0 amide bonds. The standard InChI is InChI=1S/C27H26N2/c1-17-23-16-20(28)11-12-21(23)26(18-7-3-2-4-8-18)24-15-19-9-5-13-29-14-6-10-22(25(17)24)27(19)29/h2-4,7-8,11-12,15-17,28H,5-6,9-10,13-14H2,1H3. The van der Waals surface area contributed by atoms with Crippen molar-refractivity contribution in [3.63, 3.8) is 0 Å². The van der Waals surface area contributed by atoms with Gasteiger partial charge in [0, 0.05) is 24.7 Å². The zero-order valence-electron chi connectivity index (χ0n) is 17.0. The molecule has 2 aliphatic carbocycles. The van der Waals surface area contributed by atoms with E-state index < -0.39 is 0 Å². The Morgan fingerprint density at radius 3 is 2.62 bits per heavy atom. The molecule has 1 unspecified atom stereocenters. The van der Waals surface area contributed by atoms with E-state index in [9.17, 15) is 0 Å². The van der Waals surface area contributed by atoms with Crippen LogP contribution in [0.1, 0.15) is 53.5 Å². The Bertz CT molecular complexity index is 1130. The molecule has 2 heteroatoms. The smallest absolute Gasteiger partial charge is 0.0543 e. The molecule has 2 aromatic carbocycles. The first-order valence-corrected chi connectivity index (χ1v) is 10.9. The van der Waals surface area contributed by atoms with Crippen molar-refractivity contribution in [1.29, 1.82) is 5.41 Å². The highest BCUT2D eigenvalue weighted by atomic mass is 15.1. The lowest BCUT2D eigenvalue weighted by Crippen LogP contribution is -2.36. The quantitative estimate of drug-likeness (QED) is 0.665. The molecule has 4 aliphatic rings. The molecule has 144 valence electrons. The van der Waals surface area contributed by atoms with Gasteiger partial charge in [0.15, 0.2) is 0 Å². The van der Waals surface area contributed by atoms with Crippen LogP contribution in [0, 0.1) is 5.41 Å². The number of hydrogen-bond donors (Lipinski definition) is 1. The molecule has 2 heterocycles. The molecule has 0 radical (unpaired) electrons. The summed E-state index contributed by atoms with van der Waals surface area (Å²) in [6, 6.07) is 13.4. The molecular formula is C27H26N2. The summed E-state index contributed by atoms with van der Waals surface area (Å²) < 4.78 is 0. The van der Waals surface area contributed by atoms with Crippen LogP contribution >= 0.6 is 0 Å². The van der Waals surface area contributed by atoms with Crippen LogP contribution in [0.15, 0.2) is 65.8 Å². The first kappa shape index (κ1) is 17.0. The van der Waals surface area contributed by atoms with Crippen molar-refractivity contribution in [2.75, 3.05) is 18.0 Å². The maximum Gasteiger partial charge on any atom is 0.0543 e. The number of allylic oxidation sites excluding steroid dienone is 5. The van der Waals surface area contributed by atoms with E-state index in [0.717, 1.165) is 0 Å². The minimum Gasteiger partial charge on any atom is -0.371 e. The predicted molar refractivity (Wildman–Crippen MR) is 121 cm³/mol. The number of rotatable bonds is 1. The fourth-order valence-corrected chi connectivity index (χ4v) is 5.95. The van der Waals surface area contributed by atoms with E-state index in [2.05, 4.69) is 60.4 Å². The normalized spacial score (nSPS) is 22.1. The van der Waals surface area contributed by atoms with Gasteiger partial charge in [-0.25, -0.2) is 0 Å². The Morgan fingerprint density at radius 2 is 1.79 bits per heavy atom. The molecule has 6 rings (SSSR count). The van der Waals surface area contributed by atoms with E-state index in [1.165, 1.54) is 72.2 Å². The third kappa shape index (κ3) is 2.45. The molecule has 29 heavy (non-hydrogen) atoms. The minimum atomic E-state index is 0.333. The molecule has 1 atom stereocenters. The van der Waals surface area contributed by atoms with Crippen LogP contribution in [-0.2, 0) is 12.8 Å². The number of nitrogens with one attached hydrogen (secondary N) is 1. The monoisotopic (exact) mass is 378 g/mol. The molecule has 1 N–H and O–H groups in total. The van der Waals surface area contributed by atoms with E-state index in [0.29, 0.717) is 11.6 Å². The van der Waals surface area contributed by atoms with Crippen molar-refractivity contribution < 1.29 is 0 Å². The van der Waals surface area contributed by atoms with Gasteiger partial charge in [-0.2, -0.15) is 0 Å². The second-order valence-electron chi connectivity index (χ2n) is 8.78. The summed E-state index contributed by atoms with van der Waals surface area (Å²) in [6.45, 7) is 4.76. The largest absolute Gasteiger partial charge is 0.371 e. The summed E-state index contributed by atoms with van der Waals surface area (Å²) in [7, 11) is 0. The summed E-state index contributed by atoms with van der Waals surface area (Å²) in [5.74, 6) is 0.333. The number of anilines is 1. The fraction of sp³-hybridized carbons (Fsp3) is 0.296. The van der Waals surface area contributed by atoms with E-state index in [1.54, 1.807) is 16.8 Å². The average molecular weight is 379 g/mol. The van der Waals surface area contributed by atoms with Crippen LogP contribution in [0.3, 0.4) is 0 Å². The molecule has 0 aromatic heterocycles. The third-order valence-corrected chi connectivity index (χ3v) is 7.12. The summed E-state index contributed by atoms with van der Waals surface area (Å²) in [4.78, 5) is 2.64. The van der Waals surface area contributed by atoms with Crippen LogP contribution in [0.5, 0.6) is 0 Å². The van der Waals surface area contributed by atoms with Gasteiger partial charge in [0.1, 0.15) is 0 Å². The molecule has 0 bridgehead atoms. The van der Waals surface area contributed by atoms with E-state index in [4.69, 9.17) is 5.41 Å². The Morgan fingerprint density at radius 1 is 1.00 bits per heavy atom. The Balaban J connectivity index is 1.71. The Labute approximate surface area is 172 Å². The maximum absolute atomic E-state index is 8.26. The number of fused-ring (bicyclic) bond motifs is 3. The summed E-state index contributed by atoms with van der Waals surface area (Å²) in [6.07, 6.45) is 11.1. The molecule has 2 aromatic rings. The lowest BCUT2D eigenvalue weighted by atomic mass is 9.69. The molecule has 2 nitrogen and oxygen atoms in total. The zero-order valence-corrected chi connectivity index (χ0v) is 17.0. The average Bonchev–Trinajstić information content (AvgIpc) is 2.75. The van der Waals surface area contributed by atoms with Crippen LogP contribution in [0.2, 0.25) is 0 Å².